The SMILES string of the molecule is Cc1nn(-c2ccccc2)c(C)c1NC(=O)COC(=O)Cc1ccc2c(c1)CCCC2. The molecule has 1 aliphatic rings. The molecule has 0 bridgehead atoms. The molecule has 0 aliphatic heterocycles. The van der Waals surface area contributed by atoms with Crippen LogP contribution in [0.3, 0.4) is 0 Å². The fourth-order valence-electron chi connectivity index (χ4n) is 4.08. The Bertz CT molecular complexity index is 1100. The molecule has 0 unspecified atom stereocenters. The first kappa shape index (κ1) is 20.8. The molecule has 1 aromatic heterocycles. The number of fused-ring (bicyclic) bond motifs is 1. The van der Waals surface area contributed by atoms with Crippen LogP contribution in [0, 0.1) is 13.8 Å². The zero-order chi connectivity index (χ0) is 21.8. The molecule has 1 amide bonds. The van der Waals surface area contributed by atoms with E-state index in [0.717, 1.165) is 29.8 Å². The van der Waals surface area contributed by atoms with Crippen LogP contribution >= 0.6 is 0 Å². The van der Waals surface area contributed by atoms with Crippen molar-refractivity contribution in [1.29, 1.82) is 0 Å². The monoisotopic (exact) mass is 417 g/mol. The Hall–Kier alpha value is -3.41. The van der Waals surface area contributed by atoms with Gasteiger partial charge in [0.25, 0.3) is 5.91 Å². The number of carbonyl (C=O) groups is 2. The number of nitrogens with zero attached hydrogens (tertiary/aromatic N) is 2. The second-order valence-electron chi connectivity index (χ2n) is 7.99. The second-order valence-corrected chi connectivity index (χ2v) is 7.99. The first-order valence-electron chi connectivity index (χ1n) is 10.7. The Balaban J connectivity index is 1.33. The van der Waals surface area contributed by atoms with Gasteiger partial charge in [-0.1, -0.05) is 36.4 Å². The maximum absolute atomic E-state index is 12.4. The molecule has 0 fully saturated rings. The van der Waals surface area contributed by atoms with Gasteiger partial charge in [0.15, 0.2) is 6.61 Å². The lowest BCUT2D eigenvalue weighted by Crippen LogP contribution is -2.22. The van der Waals surface area contributed by atoms with Gasteiger partial charge in [0.1, 0.15) is 0 Å². The van der Waals surface area contributed by atoms with E-state index < -0.39 is 5.97 Å². The summed E-state index contributed by atoms with van der Waals surface area (Å²) in [4.78, 5) is 24.6. The van der Waals surface area contributed by atoms with Gasteiger partial charge in [-0.2, -0.15) is 5.10 Å². The summed E-state index contributed by atoms with van der Waals surface area (Å²) in [7, 11) is 0. The quantitative estimate of drug-likeness (QED) is 0.613. The molecule has 2 aromatic carbocycles. The maximum atomic E-state index is 12.4. The summed E-state index contributed by atoms with van der Waals surface area (Å²) in [6.07, 6.45) is 4.77. The fourth-order valence-corrected chi connectivity index (χ4v) is 4.08. The largest absolute Gasteiger partial charge is 0.455 e. The molecule has 4 rings (SSSR count). The molecule has 31 heavy (non-hydrogen) atoms. The van der Waals surface area contributed by atoms with Crippen LogP contribution in [-0.4, -0.2) is 28.3 Å². The number of anilines is 1. The smallest absolute Gasteiger partial charge is 0.310 e. The third-order valence-corrected chi connectivity index (χ3v) is 5.68. The normalized spacial score (nSPS) is 12.8. The number of nitrogens with one attached hydrogen (secondary N) is 1. The predicted octanol–water partition coefficient (Wildman–Crippen LogP) is 4.09. The van der Waals surface area contributed by atoms with E-state index >= 15 is 0 Å². The Kier molecular flexibility index (Phi) is 6.16. The first-order valence-corrected chi connectivity index (χ1v) is 10.7. The zero-order valence-corrected chi connectivity index (χ0v) is 18.0. The highest BCUT2D eigenvalue weighted by Crippen LogP contribution is 2.23. The van der Waals surface area contributed by atoms with E-state index in [1.54, 1.807) is 4.68 Å². The molecule has 6 nitrogen and oxygen atoms in total. The number of hydrogen-bond donors (Lipinski definition) is 1. The van der Waals surface area contributed by atoms with E-state index in [4.69, 9.17) is 4.74 Å². The van der Waals surface area contributed by atoms with Gasteiger partial charge in [-0.3, -0.25) is 9.59 Å². The van der Waals surface area contributed by atoms with Crippen LogP contribution in [0.1, 0.15) is 40.9 Å². The highest BCUT2D eigenvalue weighted by molar-refractivity contribution is 5.94. The summed E-state index contributed by atoms with van der Waals surface area (Å²) >= 11 is 0. The van der Waals surface area contributed by atoms with Crippen LogP contribution in [0.4, 0.5) is 5.69 Å². The lowest BCUT2D eigenvalue weighted by Gasteiger charge is -2.16. The van der Waals surface area contributed by atoms with Crippen molar-refractivity contribution in [2.75, 3.05) is 11.9 Å². The highest BCUT2D eigenvalue weighted by Gasteiger charge is 2.17. The van der Waals surface area contributed by atoms with Gasteiger partial charge >= 0.3 is 5.97 Å². The van der Waals surface area contributed by atoms with Crippen molar-refractivity contribution in [3.63, 3.8) is 0 Å². The first-order chi connectivity index (χ1) is 15.0. The molecular formula is C25H27N3O3. The van der Waals surface area contributed by atoms with E-state index in [-0.39, 0.29) is 18.9 Å². The lowest BCUT2D eigenvalue weighted by atomic mass is 9.90. The van der Waals surface area contributed by atoms with Gasteiger partial charge in [-0.25, -0.2) is 4.68 Å². The van der Waals surface area contributed by atoms with Gasteiger partial charge in [-0.15, -0.1) is 0 Å². The second kappa shape index (κ2) is 9.16. The molecule has 0 radical (unpaired) electrons. The van der Waals surface area contributed by atoms with Crippen LogP contribution < -0.4 is 5.32 Å². The van der Waals surface area contributed by atoms with Gasteiger partial charge in [0.05, 0.1) is 29.2 Å². The zero-order valence-electron chi connectivity index (χ0n) is 18.0. The number of aromatic nitrogens is 2. The summed E-state index contributed by atoms with van der Waals surface area (Å²) in [5, 5.41) is 7.34. The molecule has 1 N–H and O–H groups in total. The number of aryl methyl sites for hydroxylation is 3. The fraction of sp³-hybridized carbons (Fsp3) is 0.320. The van der Waals surface area contributed by atoms with Crippen molar-refractivity contribution >= 4 is 17.6 Å². The third-order valence-electron chi connectivity index (χ3n) is 5.68. The molecule has 0 atom stereocenters. The van der Waals surface area contributed by atoms with Gasteiger partial charge in [0, 0.05) is 0 Å². The molecule has 160 valence electrons. The Labute approximate surface area is 182 Å². The summed E-state index contributed by atoms with van der Waals surface area (Å²) < 4.78 is 7.00. The number of rotatable bonds is 6. The van der Waals surface area contributed by atoms with Gasteiger partial charge in [-0.05, 0) is 68.4 Å². The average Bonchev–Trinajstić information content (AvgIpc) is 3.06. The molecule has 1 heterocycles. The van der Waals surface area contributed by atoms with Crippen molar-refractivity contribution < 1.29 is 14.3 Å². The predicted molar refractivity (Wildman–Crippen MR) is 119 cm³/mol. The minimum atomic E-state index is -0.403. The van der Waals surface area contributed by atoms with E-state index in [1.807, 2.05) is 50.2 Å². The number of amides is 1. The standard InChI is InChI=1S/C25H27N3O3/c1-17-25(18(2)28(27-17)22-10-4-3-5-11-22)26-23(29)16-31-24(30)15-19-12-13-20-8-6-7-9-21(20)14-19/h3-5,10-14H,6-9,15-16H2,1-2H3,(H,26,29). The molecule has 3 aromatic rings. The van der Waals surface area contributed by atoms with Gasteiger partial charge < -0.3 is 10.1 Å². The van der Waals surface area contributed by atoms with Crippen molar-refractivity contribution in [2.24, 2.45) is 0 Å². The van der Waals surface area contributed by atoms with Crippen molar-refractivity contribution in [3.05, 3.63) is 76.6 Å². The maximum Gasteiger partial charge on any atom is 0.310 e. The van der Waals surface area contributed by atoms with E-state index in [9.17, 15) is 9.59 Å². The summed E-state index contributed by atoms with van der Waals surface area (Å²) in [5.41, 5.74) is 6.72. The van der Waals surface area contributed by atoms with E-state index in [0.29, 0.717) is 11.4 Å². The number of para-hydroxylation sites is 1. The molecule has 0 spiro atoms. The van der Waals surface area contributed by atoms with Crippen LogP contribution in [0.2, 0.25) is 0 Å². The minimum Gasteiger partial charge on any atom is -0.455 e. The topological polar surface area (TPSA) is 73.2 Å². The Morgan fingerprint density at radius 1 is 1.03 bits per heavy atom. The minimum absolute atomic E-state index is 0.171. The van der Waals surface area contributed by atoms with Crippen LogP contribution in [0.5, 0.6) is 0 Å². The Morgan fingerprint density at radius 3 is 2.55 bits per heavy atom. The van der Waals surface area contributed by atoms with E-state index in [2.05, 4.69) is 22.5 Å². The van der Waals surface area contributed by atoms with Crippen LogP contribution in [0.25, 0.3) is 5.69 Å². The van der Waals surface area contributed by atoms with Crippen LogP contribution in [-0.2, 0) is 33.6 Å². The Morgan fingerprint density at radius 2 is 1.77 bits per heavy atom. The van der Waals surface area contributed by atoms with Crippen LogP contribution in [0.15, 0.2) is 48.5 Å². The van der Waals surface area contributed by atoms with E-state index in [1.165, 1.54) is 24.0 Å². The molecule has 1 aliphatic carbocycles. The number of benzene rings is 2. The summed E-state index contributed by atoms with van der Waals surface area (Å²) in [6, 6.07) is 15.9. The van der Waals surface area contributed by atoms with Crippen molar-refractivity contribution in [3.8, 4) is 5.69 Å². The molecule has 0 saturated carbocycles. The molecule has 6 heteroatoms. The number of hydrogen-bond acceptors (Lipinski definition) is 4. The summed E-state index contributed by atoms with van der Waals surface area (Å²) in [6.45, 7) is 3.41. The number of ether oxygens (including phenoxy) is 1. The summed E-state index contributed by atoms with van der Waals surface area (Å²) in [5.74, 6) is -0.781. The molecular weight excluding hydrogens is 390 g/mol. The van der Waals surface area contributed by atoms with Crippen molar-refractivity contribution in [2.45, 2.75) is 46.0 Å². The highest BCUT2D eigenvalue weighted by atomic mass is 16.5. The lowest BCUT2D eigenvalue weighted by molar-refractivity contribution is -0.146. The molecule has 0 saturated heterocycles. The number of carbonyl (C=O) groups excluding carboxylic acids is 2. The average molecular weight is 418 g/mol. The number of esters is 1. The van der Waals surface area contributed by atoms with Crippen molar-refractivity contribution in [1.82, 2.24) is 9.78 Å². The third kappa shape index (κ3) is 4.85. The van der Waals surface area contributed by atoms with Gasteiger partial charge in [0.2, 0.25) is 0 Å².